The van der Waals surface area contributed by atoms with Crippen molar-refractivity contribution in [1.29, 1.82) is 0 Å². The third-order valence-corrected chi connectivity index (χ3v) is 1.28. The zero-order chi connectivity index (χ0) is 8.10. The van der Waals surface area contributed by atoms with Crippen molar-refractivity contribution in [2.24, 2.45) is 5.84 Å². The Morgan fingerprint density at radius 2 is 2.55 bits per heavy atom. The van der Waals surface area contributed by atoms with Crippen LogP contribution in [0.2, 0.25) is 0 Å². The number of rotatable bonds is 3. The molecule has 4 heteroatoms. The Labute approximate surface area is 65.4 Å². The van der Waals surface area contributed by atoms with E-state index in [4.69, 9.17) is 10.6 Å². The molecule has 0 aliphatic heterocycles. The minimum atomic E-state index is 0.509. The molecule has 0 amide bonds. The summed E-state index contributed by atoms with van der Waals surface area (Å²) in [6, 6.07) is 3.63. The Morgan fingerprint density at radius 3 is 3.18 bits per heavy atom. The molecule has 0 unspecified atom stereocenters. The number of ether oxygens (including phenoxy) is 1. The molecule has 0 bridgehead atoms. The van der Waals surface area contributed by atoms with Gasteiger partial charge < -0.3 is 10.2 Å². The molecular weight excluding hydrogens is 142 g/mol. The van der Waals surface area contributed by atoms with Gasteiger partial charge >= 0.3 is 0 Å². The van der Waals surface area contributed by atoms with Crippen LogP contribution in [0.1, 0.15) is 5.69 Å². The Kier molecular flexibility index (Phi) is 2.83. The van der Waals surface area contributed by atoms with E-state index in [1.54, 1.807) is 19.4 Å². The molecule has 0 fully saturated rings. The van der Waals surface area contributed by atoms with Crippen molar-refractivity contribution < 1.29 is 4.74 Å². The number of methoxy groups -OCH3 is 1. The zero-order valence-corrected chi connectivity index (χ0v) is 6.37. The molecule has 1 aromatic rings. The molecule has 0 aliphatic carbocycles. The van der Waals surface area contributed by atoms with E-state index in [1.165, 1.54) is 0 Å². The highest BCUT2D eigenvalue weighted by Gasteiger charge is 1.93. The largest absolute Gasteiger partial charge is 0.378 e. The highest BCUT2D eigenvalue weighted by molar-refractivity contribution is 5.41. The third kappa shape index (κ3) is 2.18. The monoisotopic (exact) mass is 153 g/mol. The van der Waals surface area contributed by atoms with Crippen molar-refractivity contribution in [3.63, 3.8) is 0 Å². The van der Waals surface area contributed by atoms with Gasteiger partial charge in [0.25, 0.3) is 0 Å². The van der Waals surface area contributed by atoms with Crippen LogP contribution in [0.25, 0.3) is 0 Å². The summed E-state index contributed by atoms with van der Waals surface area (Å²) in [6.45, 7) is 0.509. The molecule has 0 radical (unpaired) electrons. The number of hydrazine groups is 1. The van der Waals surface area contributed by atoms with E-state index in [9.17, 15) is 0 Å². The van der Waals surface area contributed by atoms with E-state index in [1.807, 2.05) is 6.07 Å². The van der Waals surface area contributed by atoms with Gasteiger partial charge in [0.1, 0.15) is 0 Å². The number of nitrogens with one attached hydrogen (secondary N) is 1. The average molecular weight is 153 g/mol. The molecular formula is C7H11N3O. The molecule has 11 heavy (non-hydrogen) atoms. The molecule has 4 nitrogen and oxygen atoms in total. The fourth-order valence-corrected chi connectivity index (χ4v) is 0.795. The predicted octanol–water partition coefficient (Wildman–Crippen LogP) is 0.514. The normalized spacial score (nSPS) is 9.64. The van der Waals surface area contributed by atoms with Crippen LogP contribution in [0.15, 0.2) is 18.3 Å². The summed E-state index contributed by atoms with van der Waals surface area (Å²) in [5.74, 6) is 5.20. The van der Waals surface area contributed by atoms with Crippen molar-refractivity contribution >= 4 is 5.69 Å². The number of nitrogen functional groups attached to an aromatic ring is 1. The van der Waals surface area contributed by atoms with E-state index >= 15 is 0 Å². The first-order valence-corrected chi connectivity index (χ1v) is 3.27. The van der Waals surface area contributed by atoms with Crippen LogP contribution >= 0.6 is 0 Å². The Morgan fingerprint density at radius 1 is 1.73 bits per heavy atom. The first-order valence-electron chi connectivity index (χ1n) is 3.27. The van der Waals surface area contributed by atoms with Crippen molar-refractivity contribution in [2.45, 2.75) is 6.61 Å². The van der Waals surface area contributed by atoms with Gasteiger partial charge in [-0.05, 0) is 12.1 Å². The van der Waals surface area contributed by atoms with Gasteiger partial charge in [0, 0.05) is 13.3 Å². The van der Waals surface area contributed by atoms with E-state index in [0.29, 0.717) is 6.61 Å². The van der Waals surface area contributed by atoms with E-state index in [2.05, 4.69) is 10.4 Å². The maximum Gasteiger partial charge on any atom is 0.0884 e. The summed E-state index contributed by atoms with van der Waals surface area (Å²) < 4.78 is 4.90. The van der Waals surface area contributed by atoms with Gasteiger partial charge in [-0.15, -0.1) is 0 Å². The molecule has 0 spiro atoms. The Hall–Kier alpha value is -1.13. The van der Waals surface area contributed by atoms with Crippen LogP contribution in [0, 0.1) is 0 Å². The second-order valence-electron chi connectivity index (χ2n) is 2.11. The number of nitrogens with zero attached hydrogens (tertiary/aromatic N) is 1. The zero-order valence-electron chi connectivity index (χ0n) is 6.37. The third-order valence-electron chi connectivity index (χ3n) is 1.28. The lowest BCUT2D eigenvalue weighted by molar-refractivity contribution is 0.181. The molecule has 0 atom stereocenters. The van der Waals surface area contributed by atoms with Gasteiger partial charge in [-0.1, -0.05) is 0 Å². The van der Waals surface area contributed by atoms with Crippen molar-refractivity contribution in [1.82, 2.24) is 4.98 Å². The topological polar surface area (TPSA) is 60.2 Å². The fourth-order valence-electron chi connectivity index (χ4n) is 0.795. The highest BCUT2D eigenvalue weighted by Crippen LogP contribution is 2.05. The summed E-state index contributed by atoms with van der Waals surface area (Å²) in [4.78, 5) is 4.06. The fraction of sp³-hybridized carbons (Fsp3) is 0.286. The van der Waals surface area contributed by atoms with Crippen LogP contribution in [-0.2, 0) is 11.3 Å². The Bertz CT molecular complexity index is 227. The van der Waals surface area contributed by atoms with Crippen LogP contribution < -0.4 is 11.3 Å². The van der Waals surface area contributed by atoms with Gasteiger partial charge in [-0.3, -0.25) is 10.8 Å². The molecule has 0 saturated carbocycles. The quantitative estimate of drug-likeness (QED) is 0.490. The van der Waals surface area contributed by atoms with Crippen molar-refractivity contribution in [3.8, 4) is 0 Å². The number of anilines is 1. The summed E-state index contributed by atoms with van der Waals surface area (Å²) in [5, 5.41) is 0. The maximum absolute atomic E-state index is 5.20. The first-order chi connectivity index (χ1) is 5.36. The smallest absolute Gasteiger partial charge is 0.0884 e. The van der Waals surface area contributed by atoms with Crippen LogP contribution in [0.4, 0.5) is 5.69 Å². The maximum atomic E-state index is 5.20. The number of nitrogens with two attached hydrogens (primary N) is 1. The summed E-state index contributed by atoms with van der Waals surface area (Å²) >= 11 is 0. The van der Waals surface area contributed by atoms with Gasteiger partial charge in [-0.2, -0.15) is 0 Å². The number of pyridine rings is 1. The Balaban J connectivity index is 2.74. The summed E-state index contributed by atoms with van der Waals surface area (Å²) in [7, 11) is 1.63. The lowest BCUT2D eigenvalue weighted by Gasteiger charge is -2.01. The van der Waals surface area contributed by atoms with Crippen molar-refractivity contribution in [3.05, 3.63) is 24.0 Å². The van der Waals surface area contributed by atoms with Gasteiger partial charge in [0.05, 0.1) is 18.0 Å². The SMILES string of the molecule is COCc1cc(NN)ccn1. The van der Waals surface area contributed by atoms with Gasteiger partial charge in [0.2, 0.25) is 0 Å². The molecule has 1 aromatic heterocycles. The molecule has 1 rings (SSSR count). The highest BCUT2D eigenvalue weighted by atomic mass is 16.5. The second-order valence-corrected chi connectivity index (χ2v) is 2.11. The number of aromatic nitrogens is 1. The lowest BCUT2D eigenvalue weighted by atomic mass is 10.3. The van der Waals surface area contributed by atoms with E-state index in [0.717, 1.165) is 11.4 Å². The van der Waals surface area contributed by atoms with E-state index < -0.39 is 0 Å². The molecule has 1 heterocycles. The van der Waals surface area contributed by atoms with Gasteiger partial charge in [-0.25, -0.2) is 0 Å². The minimum absolute atomic E-state index is 0.509. The van der Waals surface area contributed by atoms with Gasteiger partial charge in [0.15, 0.2) is 0 Å². The molecule has 3 N–H and O–H groups in total. The number of hydrogen-bond donors (Lipinski definition) is 2. The van der Waals surface area contributed by atoms with E-state index in [-0.39, 0.29) is 0 Å². The standard InChI is InChI=1S/C7H11N3O/c1-11-5-7-4-6(10-8)2-3-9-7/h2-4H,5,8H2,1H3,(H,9,10). The molecule has 60 valence electrons. The van der Waals surface area contributed by atoms with Crippen molar-refractivity contribution in [2.75, 3.05) is 12.5 Å². The lowest BCUT2D eigenvalue weighted by Crippen LogP contribution is -2.07. The second kappa shape index (κ2) is 3.90. The average Bonchev–Trinajstić information content (AvgIpc) is 2.06. The summed E-state index contributed by atoms with van der Waals surface area (Å²) in [5.41, 5.74) is 4.23. The molecule has 0 aliphatic rings. The summed E-state index contributed by atoms with van der Waals surface area (Å²) in [6.07, 6.45) is 1.68. The molecule has 0 saturated heterocycles. The van der Waals surface area contributed by atoms with Crippen LogP contribution in [0.3, 0.4) is 0 Å². The predicted molar refractivity (Wildman–Crippen MR) is 42.8 cm³/mol. The minimum Gasteiger partial charge on any atom is -0.378 e. The van der Waals surface area contributed by atoms with Crippen LogP contribution in [-0.4, -0.2) is 12.1 Å². The first kappa shape index (κ1) is 7.97. The number of hydrogen-bond acceptors (Lipinski definition) is 4. The van der Waals surface area contributed by atoms with Crippen LogP contribution in [0.5, 0.6) is 0 Å². The molecule has 0 aromatic carbocycles.